The summed E-state index contributed by atoms with van der Waals surface area (Å²) in [5.41, 5.74) is 5.81. The fraction of sp³-hybridized carbons (Fsp3) is 0.941. The topological polar surface area (TPSA) is 49.6 Å². The summed E-state index contributed by atoms with van der Waals surface area (Å²) in [6.45, 7) is 4.89. The summed E-state index contributed by atoms with van der Waals surface area (Å²) >= 11 is 0. The van der Waals surface area contributed by atoms with E-state index in [0.717, 1.165) is 32.4 Å². The number of piperidine rings is 1. The van der Waals surface area contributed by atoms with Crippen LogP contribution in [0.15, 0.2) is 0 Å². The molecule has 3 rings (SSSR count). The van der Waals surface area contributed by atoms with Crippen molar-refractivity contribution in [2.24, 2.45) is 11.1 Å². The Labute approximate surface area is 129 Å². The van der Waals surface area contributed by atoms with Gasteiger partial charge in [-0.15, -0.1) is 0 Å². The van der Waals surface area contributed by atoms with Gasteiger partial charge < -0.3 is 10.6 Å². The number of hydrogen-bond acceptors (Lipinski definition) is 3. The normalized spacial score (nSPS) is 30.5. The Kier molecular flexibility index (Phi) is 4.85. The number of nitrogens with zero attached hydrogens (tertiary/aromatic N) is 2. The van der Waals surface area contributed by atoms with Gasteiger partial charge in [0.15, 0.2) is 0 Å². The third-order valence-corrected chi connectivity index (χ3v) is 6.00. The van der Waals surface area contributed by atoms with Gasteiger partial charge in [-0.05, 0) is 51.6 Å². The fourth-order valence-electron chi connectivity index (χ4n) is 4.61. The minimum absolute atomic E-state index is 0.231. The van der Waals surface area contributed by atoms with Gasteiger partial charge in [-0.1, -0.05) is 19.3 Å². The second kappa shape index (κ2) is 6.66. The summed E-state index contributed by atoms with van der Waals surface area (Å²) in [5.74, 6) is 0.369. The number of hydrogen-bond donors (Lipinski definition) is 1. The summed E-state index contributed by atoms with van der Waals surface area (Å²) in [7, 11) is 0. The third kappa shape index (κ3) is 3.11. The molecule has 3 fully saturated rings. The summed E-state index contributed by atoms with van der Waals surface area (Å²) in [4.78, 5) is 17.9. The molecule has 21 heavy (non-hydrogen) atoms. The Balaban J connectivity index is 1.65. The van der Waals surface area contributed by atoms with Gasteiger partial charge in [0.1, 0.15) is 0 Å². The molecule has 1 unspecified atom stereocenters. The van der Waals surface area contributed by atoms with Crippen molar-refractivity contribution >= 4 is 5.91 Å². The molecular formula is C17H31N3O. The molecular weight excluding hydrogens is 262 g/mol. The number of amides is 1. The average Bonchev–Trinajstić information content (AvgIpc) is 3.09. The molecule has 1 atom stereocenters. The zero-order chi connectivity index (χ0) is 14.7. The van der Waals surface area contributed by atoms with Gasteiger partial charge in [-0.2, -0.15) is 0 Å². The Morgan fingerprint density at radius 3 is 2.38 bits per heavy atom. The first kappa shape index (κ1) is 15.3. The summed E-state index contributed by atoms with van der Waals surface area (Å²) in [5, 5.41) is 0. The van der Waals surface area contributed by atoms with Gasteiger partial charge >= 0.3 is 0 Å². The molecule has 0 aromatic heterocycles. The summed E-state index contributed by atoms with van der Waals surface area (Å²) in [6, 6.07) is 0.601. The molecule has 120 valence electrons. The highest BCUT2D eigenvalue weighted by Gasteiger charge is 2.42. The zero-order valence-corrected chi connectivity index (χ0v) is 13.4. The van der Waals surface area contributed by atoms with E-state index in [9.17, 15) is 4.79 Å². The minimum Gasteiger partial charge on any atom is -0.341 e. The van der Waals surface area contributed by atoms with Crippen molar-refractivity contribution in [2.75, 3.05) is 32.7 Å². The number of carbonyl (C=O) groups is 1. The lowest BCUT2D eigenvalue weighted by Crippen LogP contribution is -2.55. The first-order chi connectivity index (χ1) is 10.2. The van der Waals surface area contributed by atoms with Crippen LogP contribution in [-0.4, -0.2) is 54.5 Å². The van der Waals surface area contributed by atoms with E-state index in [4.69, 9.17) is 5.73 Å². The molecule has 0 radical (unpaired) electrons. The van der Waals surface area contributed by atoms with Crippen LogP contribution in [0, 0.1) is 5.41 Å². The fourth-order valence-corrected chi connectivity index (χ4v) is 4.61. The molecule has 2 aliphatic heterocycles. The quantitative estimate of drug-likeness (QED) is 0.865. The maximum absolute atomic E-state index is 13.1. The van der Waals surface area contributed by atoms with Crippen molar-refractivity contribution < 1.29 is 4.79 Å². The summed E-state index contributed by atoms with van der Waals surface area (Å²) < 4.78 is 0. The first-order valence-electron chi connectivity index (χ1n) is 8.99. The Bertz CT molecular complexity index is 359. The van der Waals surface area contributed by atoms with Gasteiger partial charge in [0.25, 0.3) is 0 Å². The molecule has 0 aromatic carbocycles. The summed E-state index contributed by atoms with van der Waals surface area (Å²) in [6.07, 6.45) is 10.7. The van der Waals surface area contributed by atoms with Crippen LogP contribution in [0.5, 0.6) is 0 Å². The Morgan fingerprint density at radius 2 is 1.71 bits per heavy atom. The van der Waals surface area contributed by atoms with E-state index in [0.29, 0.717) is 18.5 Å². The van der Waals surface area contributed by atoms with Crippen LogP contribution >= 0.6 is 0 Å². The van der Waals surface area contributed by atoms with Crippen LogP contribution in [-0.2, 0) is 4.79 Å². The van der Waals surface area contributed by atoms with E-state index in [1.165, 1.54) is 51.6 Å². The predicted octanol–water partition coefficient (Wildman–Crippen LogP) is 1.98. The molecule has 3 aliphatic rings. The molecule has 2 N–H and O–H groups in total. The number of nitrogens with two attached hydrogens (primary N) is 1. The van der Waals surface area contributed by atoms with Gasteiger partial charge in [-0.25, -0.2) is 0 Å². The van der Waals surface area contributed by atoms with Gasteiger partial charge in [-0.3, -0.25) is 9.69 Å². The van der Waals surface area contributed by atoms with Gasteiger partial charge in [0.05, 0.1) is 5.41 Å². The maximum Gasteiger partial charge on any atom is 0.230 e. The van der Waals surface area contributed by atoms with Crippen molar-refractivity contribution in [3.8, 4) is 0 Å². The van der Waals surface area contributed by atoms with Crippen LogP contribution < -0.4 is 5.73 Å². The molecule has 0 aromatic rings. The van der Waals surface area contributed by atoms with Crippen LogP contribution in [0.1, 0.15) is 57.8 Å². The van der Waals surface area contributed by atoms with Crippen LogP contribution in [0.4, 0.5) is 0 Å². The number of likely N-dealkylation sites (tertiary alicyclic amines) is 2. The SMILES string of the molecule is NCC1(C(=O)N2CCCC(N3CCCC3)C2)CCCCC1. The average molecular weight is 293 g/mol. The third-order valence-electron chi connectivity index (χ3n) is 6.00. The number of carbonyl (C=O) groups excluding carboxylic acids is 1. The van der Waals surface area contributed by atoms with Crippen LogP contribution in [0.25, 0.3) is 0 Å². The van der Waals surface area contributed by atoms with E-state index in [1.54, 1.807) is 0 Å². The van der Waals surface area contributed by atoms with E-state index >= 15 is 0 Å². The van der Waals surface area contributed by atoms with E-state index in [1.807, 2.05) is 0 Å². The highest BCUT2D eigenvalue weighted by Crippen LogP contribution is 2.38. The smallest absolute Gasteiger partial charge is 0.230 e. The largest absolute Gasteiger partial charge is 0.341 e. The molecule has 2 saturated heterocycles. The van der Waals surface area contributed by atoms with E-state index in [2.05, 4.69) is 9.80 Å². The molecule has 0 spiro atoms. The second-order valence-corrected chi connectivity index (χ2v) is 7.34. The van der Waals surface area contributed by atoms with E-state index < -0.39 is 0 Å². The number of rotatable bonds is 3. The van der Waals surface area contributed by atoms with Crippen molar-refractivity contribution in [2.45, 2.75) is 63.8 Å². The van der Waals surface area contributed by atoms with Crippen LogP contribution in [0.3, 0.4) is 0 Å². The molecule has 2 heterocycles. The first-order valence-corrected chi connectivity index (χ1v) is 8.99. The minimum atomic E-state index is -0.231. The Morgan fingerprint density at radius 1 is 1.00 bits per heavy atom. The molecule has 0 bridgehead atoms. The van der Waals surface area contributed by atoms with Crippen molar-refractivity contribution in [3.05, 3.63) is 0 Å². The lowest BCUT2D eigenvalue weighted by Gasteiger charge is -2.43. The lowest BCUT2D eigenvalue weighted by atomic mass is 9.72. The highest BCUT2D eigenvalue weighted by molar-refractivity contribution is 5.83. The van der Waals surface area contributed by atoms with Gasteiger partial charge in [0.2, 0.25) is 5.91 Å². The molecule has 1 saturated carbocycles. The lowest BCUT2D eigenvalue weighted by molar-refractivity contribution is -0.145. The zero-order valence-electron chi connectivity index (χ0n) is 13.4. The highest BCUT2D eigenvalue weighted by atomic mass is 16.2. The molecule has 4 nitrogen and oxygen atoms in total. The Hall–Kier alpha value is -0.610. The van der Waals surface area contributed by atoms with E-state index in [-0.39, 0.29) is 5.41 Å². The standard InChI is InChI=1S/C17H31N3O/c18-14-17(8-2-1-3-9-17)16(21)20-12-6-7-15(13-20)19-10-4-5-11-19/h15H,1-14,18H2. The van der Waals surface area contributed by atoms with Crippen LogP contribution in [0.2, 0.25) is 0 Å². The maximum atomic E-state index is 13.1. The molecule has 1 amide bonds. The monoisotopic (exact) mass is 293 g/mol. The molecule has 4 heteroatoms. The van der Waals surface area contributed by atoms with Crippen molar-refractivity contribution in [3.63, 3.8) is 0 Å². The second-order valence-electron chi connectivity index (χ2n) is 7.34. The molecule has 1 aliphatic carbocycles. The van der Waals surface area contributed by atoms with Crippen molar-refractivity contribution in [1.29, 1.82) is 0 Å². The van der Waals surface area contributed by atoms with Gasteiger partial charge in [0, 0.05) is 25.7 Å². The van der Waals surface area contributed by atoms with Crippen molar-refractivity contribution in [1.82, 2.24) is 9.80 Å². The predicted molar refractivity (Wildman–Crippen MR) is 85.0 cm³/mol.